The number of amides is 1. The van der Waals surface area contributed by atoms with Crippen molar-refractivity contribution in [3.05, 3.63) is 168 Å². The summed E-state index contributed by atoms with van der Waals surface area (Å²) in [6.07, 6.45) is 1.11. The summed E-state index contributed by atoms with van der Waals surface area (Å²) in [6.45, 7) is 0.291. The summed E-state index contributed by atoms with van der Waals surface area (Å²) in [5, 5.41) is 0.429. The molecule has 2 aromatic heterocycles. The first-order valence-corrected chi connectivity index (χ1v) is 16.0. The Bertz CT molecular complexity index is 2230. The van der Waals surface area contributed by atoms with Crippen molar-refractivity contribution in [2.45, 2.75) is 13.0 Å². The molecule has 0 N–H and O–H groups in total. The highest BCUT2D eigenvalue weighted by Gasteiger charge is 2.24. The Hall–Kier alpha value is -6.68. The number of aromatic nitrogens is 3. The molecule has 2 heterocycles. The quantitative estimate of drug-likeness (QED) is 0.142. The van der Waals surface area contributed by atoms with Gasteiger partial charge in [-0.3, -0.25) is 4.98 Å². The van der Waals surface area contributed by atoms with E-state index in [1.54, 1.807) is 30.5 Å². The number of fused-ring (bicyclic) bond motifs is 1. The fraction of sp³-hybridized carbons (Fsp3) is 0.0732. The van der Waals surface area contributed by atoms with E-state index in [0.717, 1.165) is 17.2 Å². The van der Waals surface area contributed by atoms with Crippen molar-refractivity contribution >= 4 is 28.4 Å². The van der Waals surface area contributed by atoms with Gasteiger partial charge in [0.25, 0.3) is 0 Å². The first-order chi connectivity index (χ1) is 24.9. The lowest BCUT2D eigenvalue weighted by molar-refractivity contribution is 0.209. The first-order valence-electron chi connectivity index (χ1n) is 16.0. The average molecular weight is 681 g/mol. The van der Waals surface area contributed by atoms with Gasteiger partial charge in [-0.1, -0.05) is 72.8 Å². The molecular weight excluding hydrogens is 650 g/mol. The van der Waals surface area contributed by atoms with Gasteiger partial charge in [0.05, 0.1) is 35.1 Å². The fourth-order valence-corrected chi connectivity index (χ4v) is 5.55. The van der Waals surface area contributed by atoms with Crippen LogP contribution in [0.1, 0.15) is 17.0 Å². The fourth-order valence-electron chi connectivity index (χ4n) is 5.55. The van der Waals surface area contributed by atoms with E-state index in [2.05, 4.69) is 4.98 Å². The number of anilines is 2. The molecule has 0 saturated carbocycles. The number of rotatable bonds is 10. The third-order valence-corrected chi connectivity index (χ3v) is 7.97. The molecule has 0 saturated heterocycles. The summed E-state index contributed by atoms with van der Waals surface area (Å²) >= 11 is 0. The van der Waals surface area contributed by atoms with Crippen LogP contribution in [0, 0.1) is 11.6 Å². The maximum atomic E-state index is 14.1. The molecule has 0 aliphatic heterocycles. The molecule has 252 valence electrons. The van der Waals surface area contributed by atoms with Crippen LogP contribution in [-0.4, -0.2) is 28.2 Å². The van der Waals surface area contributed by atoms with Crippen LogP contribution in [0.15, 0.2) is 140 Å². The Kier molecular flexibility index (Phi) is 9.55. The van der Waals surface area contributed by atoms with Gasteiger partial charge in [0.15, 0.2) is 11.5 Å². The van der Waals surface area contributed by atoms with Crippen molar-refractivity contribution in [2.75, 3.05) is 12.0 Å². The third kappa shape index (κ3) is 7.65. The zero-order chi connectivity index (χ0) is 35.2. The van der Waals surface area contributed by atoms with Gasteiger partial charge >= 0.3 is 6.09 Å². The molecule has 7 rings (SSSR count). The van der Waals surface area contributed by atoms with Gasteiger partial charge in [-0.15, -0.1) is 0 Å². The zero-order valence-corrected chi connectivity index (χ0v) is 27.4. The molecule has 1 amide bonds. The highest BCUT2D eigenvalue weighted by molar-refractivity contribution is 5.98. The molecule has 0 atom stereocenters. The lowest BCUT2D eigenvalue weighted by atomic mass is 10.1. The van der Waals surface area contributed by atoms with E-state index in [4.69, 9.17) is 24.2 Å². The normalized spacial score (nSPS) is 10.9. The van der Waals surface area contributed by atoms with Crippen LogP contribution in [0.25, 0.3) is 22.2 Å². The third-order valence-electron chi connectivity index (χ3n) is 7.97. The van der Waals surface area contributed by atoms with E-state index in [0.29, 0.717) is 57.5 Å². The number of ether oxygens (including phenoxy) is 3. The number of hydrogen-bond acceptors (Lipinski definition) is 7. The second-order valence-corrected chi connectivity index (χ2v) is 11.5. The summed E-state index contributed by atoms with van der Waals surface area (Å²) in [5.41, 5.74) is 4.07. The average Bonchev–Trinajstić information content (AvgIpc) is 3.15. The van der Waals surface area contributed by atoms with E-state index < -0.39 is 17.7 Å². The zero-order valence-electron chi connectivity index (χ0n) is 27.4. The summed E-state index contributed by atoms with van der Waals surface area (Å²) in [7, 11) is 1.53. The molecule has 0 aliphatic carbocycles. The van der Waals surface area contributed by atoms with Crippen molar-refractivity contribution in [3.63, 3.8) is 0 Å². The van der Waals surface area contributed by atoms with Crippen LogP contribution in [0.5, 0.6) is 17.4 Å². The van der Waals surface area contributed by atoms with Gasteiger partial charge in [0.1, 0.15) is 24.1 Å². The highest BCUT2D eigenvalue weighted by atomic mass is 19.1. The minimum atomic E-state index is -0.690. The first kappa shape index (κ1) is 32.8. The van der Waals surface area contributed by atoms with Crippen molar-refractivity contribution in [2.24, 2.45) is 0 Å². The van der Waals surface area contributed by atoms with Crippen molar-refractivity contribution in [1.82, 2.24) is 15.0 Å². The summed E-state index contributed by atoms with van der Waals surface area (Å²) in [4.78, 5) is 29.5. The van der Waals surface area contributed by atoms with Crippen LogP contribution in [0.4, 0.5) is 25.0 Å². The smallest absolute Gasteiger partial charge is 0.425 e. The molecule has 0 unspecified atom stereocenters. The summed E-state index contributed by atoms with van der Waals surface area (Å²) in [5.74, 6) is -0.178. The largest absolute Gasteiger partial charge is 0.493 e. The Morgan fingerprint density at radius 3 is 1.96 bits per heavy atom. The molecule has 51 heavy (non-hydrogen) atoms. The van der Waals surface area contributed by atoms with Crippen LogP contribution >= 0.6 is 0 Å². The minimum Gasteiger partial charge on any atom is -0.493 e. The van der Waals surface area contributed by atoms with Crippen LogP contribution in [0.3, 0.4) is 0 Å². The lowest BCUT2D eigenvalue weighted by Gasteiger charge is -2.22. The molecule has 0 spiro atoms. The molecule has 8 nitrogen and oxygen atoms in total. The molecule has 5 aromatic carbocycles. The molecule has 10 heteroatoms. The van der Waals surface area contributed by atoms with Gasteiger partial charge in [-0.25, -0.2) is 23.5 Å². The van der Waals surface area contributed by atoms with E-state index in [1.807, 2.05) is 91.0 Å². The number of carbonyl (C=O) groups excluding carboxylic acids is 1. The SMILES string of the molecule is COc1cc2c(OC(=O)N(c3ccccc3)c3ccccc3)nc(Cc3ccc(-c4cc(F)cc(F)c4)nc3)nc2cc1OCc1ccccc1. The van der Waals surface area contributed by atoms with Crippen molar-refractivity contribution in [3.8, 4) is 28.6 Å². The number of benzene rings is 5. The van der Waals surface area contributed by atoms with Gasteiger partial charge in [-0.2, -0.15) is 4.98 Å². The number of hydrogen-bond donors (Lipinski definition) is 0. The van der Waals surface area contributed by atoms with E-state index in [-0.39, 0.29) is 12.3 Å². The number of para-hydroxylation sites is 2. The van der Waals surface area contributed by atoms with Crippen molar-refractivity contribution < 1.29 is 27.8 Å². The molecule has 0 aliphatic rings. The van der Waals surface area contributed by atoms with Gasteiger partial charge in [0.2, 0.25) is 5.88 Å². The van der Waals surface area contributed by atoms with Crippen LogP contribution < -0.4 is 19.1 Å². The topological polar surface area (TPSA) is 86.7 Å². The number of carbonyl (C=O) groups is 1. The molecular formula is C41H30F2N4O4. The summed E-state index contributed by atoms with van der Waals surface area (Å²) in [6, 6.07) is 38.2. The second kappa shape index (κ2) is 14.8. The number of halogens is 2. The molecule has 0 fully saturated rings. The minimum absolute atomic E-state index is 0.0181. The molecule has 0 radical (unpaired) electrons. The van der Waals surface area contributed by atoms with E-state index in [1.165, 1.54) is 24.1 Å². The number of nitrogens with zero attached hydrogens (tertiary/aromatic N) is 4. The number of pyridine rings is 1. The van der Waals surface area contributed by atoms with E-state index >= 15 is 0 Å². The Morgan fingerprint density at radius 1 is 0.706 bits per heavy atom. The van der Waals surface area contributed by atoms with Gasteiger partial charge in [0, 0.05) is 30.3 Å². The Morgan fingerprint density at radius 2 is 1.35 bits per heavy atom. The van der Waals surface area contributed by atoms with Gasteiger partial charge < -0.3 is 14.2 Å². The maximum absolute atomic E-state index is 14.1. The Labute approximate surface area is 292 Å². The van der Waals surface area contributed by atoms with Crippen LogP contribution in [0.2, 0.25) is 0 Å². The lowest BCUT2D eigenvalue weighted by Crippen LogP contribution is -2.29. The number of methoxy groups -OCH3 is 1. The van der Waals surface area contributed by atoms with Crippen molar-refractivity contribution in [1.29, 1.82) is 0 Å². The van der Waals surface area contributed by atoms with Gasteiger partial charge in [-0.05, 0) is 59.7 Å². The second-order valence-electron chi connectivity index (χ2n) is 11.5. The van der Waals surface area contributed by atoms with E-state index in [9.17, 15) is 13.6 Å². The maximum Gasteiger partial charge on any atom is 0.425 e. The highest BCUT2D eigenvalue weighted by Crippen LogP contribution is 2.37. The Balaban J connectivity index is 1.27. The monoisotopic (exact) mass is 680 g/mol. The predicted octanol–water partition coefficient (Wildman–Crippen LogP) is 9.49. The molecule has 0 bridgehead atoms. The molecule has 7 aromatic rings. The van der Waals surface area contributed by atoms with Crippen LogP contribution in [-0.2, 0) is 13.0 Å². The predicted molar refractivity (Wildman–Crippen MR) is 190 cm³/mol. The standard InChI is InChI=1S/C41H30F2N4O4/c1-49-37-23-34-36(24-38(37)50-26-27-11-5-2-6-12-27)45-39(19-28-17-18-35(44-25-28)29-20-30(42)22-31(43)21-29)46-40(34)51-41(48)47(32-13-7-3-8-14-32)33-15-9-4-10-16-33/h2-18,20-25H,19,26H2,1H3. The summed E-state index contributed by atoms with van der Waals surface area (Å²) < 4.78 is 45.7.